The highest BCUT2D eigenvalue weighted by molar-refractivity contribution is 8.35. The number of nitrogens with zero attached hydrogens (tertiary/aromatic N) is 3. The number of hydrazine groups is 1. The minimum atomic E-state index is -4.66. The van der Waals surface area contributed by atoms with Crippen molar-refractivity contribution in [1.29, 1.82) is 0 Å². The van der Waals surface area contributed by atoms with Crippen LogP contribution in [0.15, 0.2) is 40.0 Å². The molecular formula is C15H20F3N5OS. The molecule has 0 aliphatic carbocycles. The van der Waals surface area contributed by atoms with E-state index in [-0.39, 0.29) is 5.82 Å². The third-order valence-electron chi connectivity index (χ3n) is 3.25. The number of nitrogens with two attached hydrogens (primary N) is 2. The van der Waals surface area contributed by atoms with Gasteiger partial charge in [-0.3, -0.25) is 0 Å². The van der Waals surface area contributed by atoms with Crippen molar-refractivity contribution in [2.45, 2.75) is 12.7 Å². The van der Waals surface area contributed by atoms with E-state index in [9.17, 15) is 13.2 Å². The molecule has 0 bridgehead atoms. The molecule has 1 heterocycles. The van der Waals surface area contributed by atoms with Crippen molar-refractivity contribution in [3.05, 3.63) is 46.9 Å². The van der Waals surface area contributed by atoms with Crippen LogP contribution in [-0.4, -0.2) is 33.9 Å². The second-order valence-electron chi connectivity index (χ2n) is 6.16. The van der Waals surface area contributed by atoms with Gasteiger partial charge in [0.2, 0.25) is 5.82 Å². The van der Waals surface area contributed by atoms with Crippen molar-refractivity contribution in [2.24, 2.45) is 11.6 Å². The summed E-state index contributed by atoms with van der Waals surface area (Å²) in [6.07, 6.45) is 3.20. The summed E-state index contributed by atoms with van der Waals surface area (Å²) in [4.78, 5) is 3.35. The molecule has 0 unspecified atom stereocenters. The van der Waals surface area contributed by atoms with E-state index in [4.69, 9.17) is 11.6 Å². The Morgan fingerprint density at radius 1 is 1.24 bits per heavy atom. The van der Waals surface area contributed by atoms with Crippen LogP contribution in [0.1, 0.15) is 11.5 Å². The van der Waals surface area contributed by atoms with Crippen molar-refractivity contribution < 1.29 is 17.7 Å². The summed E-state index contributed by atoms with van der Waals surface area (Å²) < 4.78 is 41.7. The Balaban J connectivity index is 2.09. The van der Waals surface area contributed by atoms with Gasteiger partial charge >= 0.3 is 12.1 Å². The largest absolute Gasteiger partial charge is 0.471 e. The van der Waals surface area contributed by atoms with Crippen LogP contribution in [0, 0.1) is 0 Å². The van der Waals surface area contributed by atoms with Crippen LogP contribution >= 0.6 is 10.0 Å². The van der Waals surface area contributed by atoms with E-state index >= 15 is 0 Å². The van der Waals surface area contributed by atoms with E-state index in [2.05, 4.69) is 33.4 Å². The molecule has 0 amide bonds. The molecule has 0 radical (unpaired) electrons. The normalized spacial score (nSPS) is 13.8. The first-order valence-corrected chi connectivity index (χ1v) is 10.00. The lowest BCUT2D eigenvalue weighted by atomic mass is 10.1. The predicted octanol–water partition coefficient (Wildman–Crippen LogP) is 2.88. The van der Waals surface area contributed by atoms with Gasteiger partial charge in [-0.05, 0) is 24.3 Å². The molecule has 0 fully saturated rings. The Labute approximate surface area is 145 Å². The fraction of sp³-hybridized carbons (Fsp3) is 0.333. The SMILES string of the molecule is CS(C)(C)/C(N)=C/N(N)Cc1ccc(-c2noc(C(F)(F)F)n2)cc1. The molecule has 6 nitrogen and oxygen atoms in total. The Morgan fingerprint density at radius 3 is 2.32 bits per heavy atom. The molecular weight excluding hydrogens is 355 g/mol. The average Bonchev–Trinajstić information content (AvgIpc) is 2.96. The fourth-order valence-electron chi connectivity index (χ4n) is 1.79. The van der Waals surface area contributed by atoms with Gasteiger partial charge in [0.25, 0.3) is 0 Å². The number of halogens is 3. The standard InChI is InChI=1S/C15H20F3N5OS/c1-25(2,3)12(19)9-23(20)8-10-4-6-11(7-5-10)13-21-14(24-22-13)15(16,17)18/h4-7,9H,8,19-20H2,1-3H3/b12-9+. The monoisotopic (exact) mass is 375 g/mol. The van der Waals surface area contributed by atoms with Crippen LogP contribution < -0.4 is 11.6 Å². The number of hydrogen-bond acceptors (Lipinski definition) is 6. The Hall–Kier alpha value is -2.20. The molecule has 0 aliphatic heterocycles. The highest BCUT2D eigenvalue weighted by Gasteiger charge is 2.38. The van der Waals surface area contributed by atoms with Crippen molar-refractivity contribution in [1.82, 2.24) is 15.1 Å². The van der Waals surface area contributed by atoms with Gasteiger partial charge in [-0.1, -0.05) is 29.4 Å². The zero-order chi connectivity index (χ0) is 18.8. The molecule has 25 heavy (non-hydrogen) atoms. The van der Waals surface area contributed by atoms with Gasteiger partial charge in [0.15, 0.2) is 0 Å². The zero-order valence-corrected chi connectivity index (χ0v) is 14.9. The molecule has 1 aromatic heterocycles. The van der Waals surface area contributed by atoms with Crippen LogP contribution in [0.3, 0.4) is 0 Å². The fourth-order valence-corrected chi connectivity index (χ4v) is 2.24. The van der Waals surface area contributed by atoms with Crippen LogP contribution in [0.5, 0.6) is 0 Å². The smallest absolute Gasteiger partial charge is 0.394 e. The molecule has 0 saturated heterocycles. The highest BCUT2D eigenvalue weighted by Crippen LogP contribution is 2.41. The topological polar surface area (TPSA) is 94.2 Å². The Bertz CT molecular complexity index is 750. The van der Waals surface area contributed by atoms with Gasteiger partial charge in [-0.15, -0.1) is 0 Å². The first-order chi connectivity index (χ1) is 11.5. The molecule has 10 heteroatoms. The number of aromatic nitrogens is 2. The van der Waals surface area contributed by atoms with Crippen molar-refractivity contribution in [3.63, 3.8) is 0 Å². The van der Waals surface area contributed by atoms with Gasteiger partial charge in [-0.2, -0.15) is 18.2 Å². The van der Waals surface area contributed by atoms with Crippen LogP contribution in [0.4, 0.5) is 13.2 Å². The molecule has 2 aromatic rings. The summed E-state index contributed by atoms with van der Waals surface area (Å²) >= 11 is 0. The lowest BCUT2D eigenvalue weighted by Gasteiger charge is -2.27. The van der Waals surface area contributed by atoms with Crippen molar-refractivity contribution in [3.8, 4) is 11.4 Å². The van der Waals surface area contributed by atoms with Crippen molar-refractivity contribution >= 4 is 10.0 Å². The molecule has 4 N–H and O–H groups in total. The molecule has 138 valence electrons. The molecule has 1 aromatic carbocycles. The first kappa shape index (κ1) is 19.1. The zero-order valence-electron chi connectivity index (χ0n) is 14.0. The average molecular weight is 375 g/mol. The van der Waals surface area contributed by atoms with E-state index in [1.165, 1.54) is 5.01 Å². The lowest BCUT2D eigenvalue weighted by molar-refractivity contribution is -0.159. The van der Waals surface area contributed by atoms with Gasteiger partial charge in [0.1, 0.15) is 0 Å². The third-order valence-corrected chi connectivity index (χ3v) is 4.77. The summed E-state index contributed by atoms with van der Waals surface area (Å²) in [6.45, 7) is 0.399. The predicted molar refractivity (Wildman–Crippen MR) is 92.1 cm³/mol. The highest BCUT2D eigenvalue weighted by atomic mass is 32.3. The van der Waals surface area contributed by atoms with Gasteiger partial charge in [0.05, 0.1) is 11.6 Å². The van der Waals surface area contributed by atoms with Gasteiger partial charge < -0.3 is 15.3 Å². The van der Waals surface area contributed by atoms with E-state index in [0.29, 0.717) is 12.1 Å². The lowest BCUT2D eigenvalue weighted by Crippen LogP contribution is -2.26. The summed E-state index contributed by atoms with van der Waals surface area (Å²) in [6, 6.07) is 6.67. The van der Waals surface area contributed by atoms with Crippen LogP contribution in [0.2, 0.25) is 0 Å². The molecule has 2 rings (SSSR count). The second-order valence-corrected chi connectivity index (χ2v) is 10.3. The third kappa shape index (κ3) is 5.13. The van der Waals surface area contributed by atoms with E-state index < -0.39 is 22.1 Å². The van der Waals surface area contributed by atoms with E-state index in [0.717, 1.165) is 10.6 Å². The summed E-state index contributed by atoms with van der Waals surface area (Å²) in [5.74, 6) is 4.44. The number of rotatable bonds is 5. The Kier molecular flexibility index (Phi) is 5.33. The first-order valence-electron chi connectivity index (χ1n) is 7.14. The molecule has 0 atom stereocenters. The van der Waals surface area contributed by atoms with E-state index in [1.54, 1.807) is 30.5 Å². The maximum absolute atomic E-state index is 12.5. The van der Waals surface area contributed by atoms with Gasteiger partial charge in [0, 0.05) is 11.8 Å². The summed E-state index contributed by atoms with van der Waals surface area (Å²) in [7, 11) is -1.04. The van der Waals surface area contributed by atoms with Crippen molar-refractivity contribution in [2.75, 3.05) is 18.8 Å². The van der Waals surface area contributed by atoms with Crippen LogP contribution in [0.25, 0.3) is 11.4 Å². The number of alkyl halides is 3. The number of hydrogen-bond donors (Lipinski definition) is 2. The minimum Gasteiger partial charge on any atom is -0.394 e. The maximum atomic E-state index is 12.5. The minimum absolute atomic E-state index is 0.121. The van der Waals surface area contributed by atoms with Gasteiger partial charge in [-0.25, -0.2) is 15.9 Å². The Morgan fingerprint density at radius 2 is 1.84 bits per heavy atom. The molecule has 0 spiro atoms. The van der Waals surface area contributed by atoms with E-state index in [1.807, 2.05) is 0 Å². The second kappa shape index (κ2) is 6.96. The molecule has 0 aliphatic rings. The maximum Gasteiger partial charge on any atom is 0.471 e. The van der Waals surface area contributed by atoms with Crippen LogP contribution in [-0.2, 0) is 12.7 Å². The summed E-state index contributed by atoms with van der Waals surface area (Å²) in [5, 5.41) is 5.54. The molecule has 0 saturated carbocycles. The quantitative estimate of drug-likeness (QED) is 0.616. The summed E-state index contributed by atoms with van der Waals surface area (Å²) in [5.41, 5.74) is 7.28. The number of benzene rings is 1.